The molecule has 0 radical (unpaired) electrons. The first-order valence-electron chi connectivity index (χ1n) is 9.31. The van der Waals surface area contributed by atoms with Crippen LogP contribution in [0.15, 0.2) is 29.3 Å². The average Bonchev–Trinajstić information content (AvgIpc) is 3.41. The number of aliphatic carboxylic acids is 1. The standard InChI is InChI=1S/C19H18BrCl2N5O3/c20-13-5-12-14(27-10-23-9-24-27)6-15(25-19(12)18(22)17(13)21)26-3-1-11(7-26)8-30-4-2-16(28)29/h5-6,9-11H,1-4,7-8H2,(H,28,29)/t11-/m1/s1. The molecule has 2 aromatic heterocycles. The van der Waals surface area contributed by atoms with Crippen molar-refractivity contribution in [1.29, 1.82) is 0 Å². The van der Waals surface area contributed by atoms with Gasteiger partial charge < -0.3 is 14.7 Å². The molecule has 0 unspecified atom stereocenters. The SMILES string of the molecule is O=C(O)CCOC[C@@H]1CCN(c2cc(-n3cncn3)c3cc(Br)c(Cl)c(Cl)c3n2)C1. The molecule has 8 nitrogen and oxygen atoms in total. The molecule has 1 aliphatic heterocycles. The Balaban J connectivity index is 1.63. The van der Waals surface area contributed by atoms with Crippen LogP contribution in [0.3, 0.4) is 0 Å². The molecular weight excluding hydrogens is 497 g/mol. The van der Waals surface area contributed by atoms with Gasteiger partial charge in [0.2, 0.25) is 0 Å². The Morgan fingerprint density at radius 1 is 1.33 bits per heavy atom. The molecule has 0 amide bonds. The molecular formula is C19H18BrCl2N5O3. The van der Waals surface area contributed by atoms with Crippen molar-refractivity contribution in [2.45, 2.75) is 12.8 Å². The molecule has 158 valence electrons. The van der Waals surface area contributed by atoms with E-state index in [9.17, 15) is 4.79 Å². The number of anilines is 1. The van der Waals surface area contributed by atoms with Gasteiger partial charge in [0.1, 0.15) is 18.5 Å². The van der Waals surface area contributed by atoms with Gasteiger partial charge in [-0.3, -0.25) is 4.79 Å². The second kappa shape index (κ2) is 9.05. The second-order valence-corrected chi connectivity index (χ2v) is 8.65. The zero-order chi connectivity index (χ0) is 21.3. The summed E-state index contributed by atoms with van der Waals surface area (Å²) in [4.78, 5) is 21.6. The molecule has 11 heteroatoms. The minimum Gasteiger partial charge on any atom is -0.481 e. The number of carboxylic acids is 1. The first kappa shape index (κ1) is 21.3. The maximum Gasteiger partial charge on any atom is 0.305 e. The zero-order valence-electron chi connectivity index (χ0n) is 15.8. The molecule has 4 rings (SSSR count). The van der Waals surface area contributed by atoms with Crippen LogP contribution in [0.25, 0.3) is 16.6 Å². The van der Waals surface area contributed by atoms with Crippen molar-refractivity contribution in [3.8, 4) is 5.69 Å². The number of aromatic nitrogens is 4. The maximum atomic E-state index is 10.6. The Morgan fingerprint density at radius 2 is 2.17 bits per heavy atom. The molecule has 0 aliphatic carbocycles. The van der Waals surface area contributed by atoms with Gasteiger partial charge in [-0.1, -0.05) is 23.2 Å². The van der Waals surface area contributed by atoms with E-state index in [1.165, 1.54) is 6.33 Å². The van der Waals surface area contributed by atoms with Gasteiger partial charge in [0, 0.05) is 34.9 Å². The number of ether oxygens (including phenoxy) is 1. The fraction of sp³-hybridized carbons (Fsp3) is 0.368. The summed E-state index contributed by atoms with van der Waals surface area (Å²) in [6.07, 6.45) is 4.04. The van der Waals surface area contributed by atoms with Crippen molar-refractivity contribution in [3.63, 3.8) is 0 Å². The number of halogens is 3. The highest BCUT2D eigenvalue weighted by atomic mass is 79.9. The van der Waals surface area contributed by atoms with Gasteiger partial charge >= 0.3 is 5.97 Å². The summed E-state index contributed by atoms with van der Waals surface area (Å²) < 4.78 is 7.87. The summed E-state index contributed by atoms with van der Waals surface area (Å²) in [6.45, 7) is 2.31. The third-order valence-electron chi connectivity index (χ3n) is 4.99. The molecule has 1 N–H and O–H groups in total. The van der Waals surface area contributed by atoms with E-state index >= 15 is 0 Å². The minimum atomic E-state index is -0.855. The summed E-state index contributed by atoms with van der Waals surface area (Å²) >= 11 is 16.3. The van der Waals surface area contributed by atoms with E-state index in [4.69, 9.17) is 38.0 Å². The van der Waals surface area contributed by atoms with Crippen LogP contribution in [0.5, 0.6) is 0 Å². The fourth-order valence-corrected chi connectivity index (χ4v) is 4.44. The fourth-order valence-electron chi connectivity index (χ4n) is 3.51. The van der Waals surface area contributed by atoms with E-state index in [2.05, 4.69) is 30.9 Å². The molecule has 1 saturated heterocycles. The number of hydrogen-bond acceptors (Lipinski definition) is 6. The summed E-state index contributed by atoms with van der Waals surface area (Å²) in [5, 5.41) is 14.6. The van der Waals surface area contributed by atoms with Crippen LogP contribution >= 0.6 is 39.1 Å². The molecule has 1 atom stereocenters. The molecule has 3 aromatic rings. The summed E-state index contributed by atoms with van der Waals surface area (Å²) in [7, 11) is 0. The molecule has 3 heterocycles. The van der Waals surface area contributed by atoms with Crippen LogP contribution in [0.1, 0.15) is 12.8 Å². The highest BCUT2D eigenvalue weighted by molar-refractivity contribution is 9.10. The van der Waals surface area contributed by atoms with Gasteiger partial charge in [-0.15, -0.1) is 0 Å². The number of nitrogens with zero attached hydrogens (tertiary/aromatic N) is 5. The Hall–Kier alpha value is -1.94. The van der Waals surface area contributed by atoms with E-state index in [-0.39, 0.29) is 13.0 Å². The van der Waals surface area contributed by atoms with Gasteiger partial charge in [0.15, 0.2) is 0 Å². The second-order valence-electron chi connectivity index (χ2n) is 7.04. The lowest BCUT2D eigenvalue weighted by Crippen LogP contribution is -2.23. The Morgan fingerprint density at radius 3 is 2.90 bits per heavy atom. The summed E-state index contributed by atoms with van der Waals surface area (Å²) in [6, 6.07) is 3.84. The summed E-state index contributed by atoms with van der Waals surface area (Å²) in [5.41, 5.74) is 1.39. The third kappa shape index (κ3) is 4.39. The quantitative estimate of drug-likeness (QED) is 0.373. The first-order chi connectivity index (χ1) is 14.4. The predicted octanol–water partition coefficient (Wildman–Crippen LogP) is 4.20. The Kier molecular flexibility index (Phi) is 6.43. The van der Waals surface area contributed by atoms with Crippen molar-refractivity contribution in [1.82, 2.24) is 19.7 Å². The van der Waals surface area contributed by atoms with Gasteiger partial charge in [-0.25, -0.2) is 14.6 Å². The van der Waals surface area contributed by atoms with Crippen molar-refractivity contribution in [2.24, 2.45) is 5.92 Å². The zero-order valence-corrected chi connectivity index (χ0v) is 18.9. The lowest BCUT2D eigenvalue weighted by atomic mass is 10.1. The lowest BCUT2D eigenvalue weighted by molar-refractivity contribution is -0.138. The third-order valence-corrected chi connectivity index (χ3v) is 6.70. The van der Waals surface area contributed by atoms with Crippen molar-refractivity contribution in [3.05, 3.63) is 39.3 Å². The van der Waals surface area contributed by atoms with Gasteiger partial charge in [-0.2, -0.15) is 5.10 Å². The molecule has 1 aliphatic rings. The van der Waals surface area contributed by atoms with E-state index in [1.54, 1.807) is 11.0 Å². The van der Waals surface area contributed by atoms with Crippen LogP contribution in [0.4, 0.5) is 5.82 Å². The number of carbonyl (C=O) groups is 1. The van der Waals surface area contributed by atoms with E-state index in [0.717, 1.165) is 36.4 Å². The van der Waals surface area contributed by atoms with Crippen molar-refractivity contribution in [2.75, 3.05) is 31.2 Å². The number of fused-ring (bicyclic) bond motifs is 1. The molecule has 1 aromatic carbocycles. The van der Waals surface area contributed by atoms with Crippen LogP contribution in [-0.4, -0.2) is 57.1 Å². The van der Waals surface area contributed by atoms with E-state index < -0.39 is 5.97 Å². The normalized spacial score (nSPS) is 16.5. The van der Waals surface area contributed by atoms with Crippen LogP contribution in [0, 0.1) is 5.92 Å². The number of hydrogen-bond donors (Lipinski definition) is 1. The molecule has 0 bridgehead atoms. The molecule has 0 saturated carbocycles. The smallest absolute Gasteiger partial charge is 0.305 e. The van der Waals surface area contributed by atoms with Crippen molar-refractivity contribution >= 4 is 61.8 Å². The van der Waals surface area contributed by atoms with E-state index in [1.807, 2.05) is 12.1 Å². The maximum absolute atomic E-state index is 10.6. The van der Waals surface area contributed by atoms with E-state index in [0.29, 0.717) is 32.6 Å². The van der Waals surface area contributed by atoms with Gasteiger partial charge in [0.05, 0.1) is 40.9 Å². The van der Waals surface area contributed by atoms with Crippen LogP contribution < -0.4 is 4.90 Å². The lowest BCUT2D eigenvalue weighted by Gasteiger charge is -2.20. The molecule has 1 fully saturated rings. The predicted molar refractivity (Wildman–Crippen MR) is 118 cm³/mol. The number of benzene rings is 1. The highest BCUT2D eigenvalue weighted by Crippen LogP contribution is 2.39. The average molecular weight is 515 g/mol. The van der Waals surface area contributed by atoms with Crippen LogP contribution in [-0.2, 0) is 9.53 Å². The highest BCUT2D eigenvalue weighted by Gasteiger charge is 2.26. The summed E-state index contributed by atoms with van der Waals surface area (Å²) in [5.74, 6) is 0.211. The number of rotatable bonds is 7. The Bertz CT molecular complexity index is 1080. The number of carboxylic acid groups (broad SMARTS) is 1. The Labute approximate surface area is 190 Å². The topological polar surface area (TPSA) is 93.4 Å². The molecule has 0 spiro atoms. The largest absolute Gasteiger partial charge is 0.481 e. The first-order valence-corrected chi connectivity index (χ1v) is 10.9. The van der Waals surface area contributed by atoms with Gasteiger partial charge in [-0.05, 0) is 28.4 Å². The van der Waals surface area contributed by atoms with Crippen LogP contribution in [0.2, 0.25) is 10.0 Å². The van der Waals surface area contributed by atoms with Gasteiger partial charge in [0.25, 0.3) is 0 Å². The van der Waals surface area contributed by atoms with Crippen molar-refractivity contribution < 1.29 is 14.6 Å². The number of pyridine rings is 1. The molecule has 30 heavy (non-hydrogen) atoms. The monoisotopic (exact) mass is 513 g/mol. The minimum absolute atomic E-state index is 0.0126.